The molecule has 31 heavy (non-hydrogen) atoms. The monoisotopic (exact) mass is 494 g/mol. The van der Waals surface area contributed by atoms with Crippen LogP contribution in [0.4, 0.5) is 11.4 Å². The molecule has 5 rings (SSSR count). The highest BCUT2D eigenvalue weighted by Gasteiger charge is 2.38. The summed E-state index contributed by atoms with van der Waals surface area (Å²) in [5, 5.41) is 3.69. The van der Waals surface area contributed by atoms with Crippen molar-refractivity contribution >= 4 is 37.3 Å². The molecule has 0 aromatic heterocycles. The second-order valence-corrected chi connectivity index (χ2v) is 10.9. The van der Waals surface area contributed by atoms with E-state index in [1.807, 2.05) is 18.2 Å². The summed E-state index contributed by atoms with van der Waals surface area (Å²) in [6.45, 7) is 2.11. The fourth-order valence-corrected chi connectivity index (χ4v) is 6.18. The molecule has 0 spiro atoms. The zero-order valence-corrected chi connectivity index (χ0v) is 19.4. The molecule has 0 saturated carbocycles. The summed E-state index contributed by atoms with van der Waals surface area (Å²) in [6.07, 6.45) is 5.42. The number of hydrogen-bond donors (Lipinski definition) is 2. The summed E-state index contributed by atoms with van der Waals surface area (Å²) >= 11 is 3.38. The topological polar surface area (TPSA) is 58.2 Å². The van der Waals surface area contributed by atoms with Crippen molar-refractivity contribution in [2.45, 2.75) is 30.2 Å². The van der Waals surface area contributed by atoms with Crippen molar-refractivity contribution < 1.29 is 8.42 Å². The normalized spacial score (nSPS) is 21.8. The van der Waals surface area contributed by atoms with Crippen molar-refractivity contribution in [1.29, 1.82) is 0 Å². The lowest BCUT2D eigenvalue weighted by Gasteiger charge is -2.37. The van der Waals surface area contributed by atoms with Crippen LogP contribution < -0.4 is 10.0 Å². The second-order valence-electron chi connectivity index (χ2n) is 8.25. The average molecular weight is 495 g/mol. The van der Waals surface area contributed by atoms with E-state index in [1.165, 1.54) is 11.1 Å². The van der Waals surface area contributed by atoms with E-state index >= 15 is 0 Å². The number of aryl methyl sites for hydroxylation is 1. The van der Waals surface area contributed by atoms with Crippen LogP contribution in [0.2, 0.25) is 0 Å². The van der Waals surface area contributed by atoms with Crippen molar-refractivity contribution in [3.8, 4) is 0 Å². The van der Waals surface area contributed by atoms with Gasteiger partial charge in [-0.25, -0.2) is 8.42 Å². The number of anilines is 2. The van der Waals surface area contributed by atoms with Crippen LogP contribution in [-0.4, -0.2) is 8.42 Å². The van der Waals surface area contributed by atoms with Crippen LogP contribution in [0.25, 0.3) is 0 Å². The summed E-state index contributed by atoms with van der Waals surface area (Å²) in [4.78, 5) is 0.279. The predicted molar refractivity (Wildman–Crippen MR) is 129 cm³/mol. The molecule has 0 unspecified atom stereocenters. The lowest BCUT2D eigenvalue weighted by Crippen LogP contribution is -2.29. The first-order valence-corrected chi connectivity index (χ1v) is 12.6. The number of fused-ring (bicyclic) bond motifs is 3. The number of hydrogen-bond acceptors (Lipinski definition) is 3. The van der Waals surface area contributed by atoms with Gasteiger partial charge in [-0.2, -0.15) is 0 Å². The molecule has 0 radical (unpaired) electrons. The van der Waals surface area contributed by atoms with Crippen molar-refractivity contribution in [1.82, 2.24) is 0 Å². The van der Waals surface area contributed by atoms with Gasteiger partial charge >= 0.3 is 0 Å². The van der Waals surface area contributed by atoms with E-state index in [2.05, 4.69) is 69.3 Å². The van der Waals surface area contributed by atoms with Gasteiger partial charge in [0.1, 0.15) is 0 Å². The Kier molecular flexibility index (Phi) is 5.15. The molecule has 1 aliphatic heterocycles. The van der Waals surface area contributed by atoms with Gasteiger partial charge in [-0.15, -0.1) is 0 Å². The van der Waals surface area contributed by atoms with Crippen LogP contribution in [0.5, 0.6) is 0 Å². The lowest BCUT2D eigenvalue weighted by atomic mass is 9.77. The summed E-state index contributed by atoms with van der Waals surface area (Å²) in [7, 11) is -3.69. The number of sulfonamides is 1. The minimum Gasteiger partial charge on any atom is -0.378 e. The Labute approximate surface area is 191 Å². The highest BCUT2D eigenvalue weighted by molar-refractivity contribution is 9.10. The molecule has 2 aliphatic rings. The Morgan fingerprint density at radius 2 is 1.87 bits per heavy atom. The van der Waals surface area contributed by atoms with Gasteiger partial charge < -0.3 is 5.32 Å². The fourth-order valence-electron chi connectivity index (χ4n) is 4.70. The smallest absolute Gasteiger partial charge is 0.261 e. The van der Waals surface area contributed by atoms with Crippen LogP contribution in [0.3, 0.4) is 0 Å². The molecular formula is C25H23BrN2O2S. The van der Waals surface area contributed by atoms with Gasteiger partial charge in [0.15, 0.2) is 0 Å². The first kappa shape index (κ1) is 20.3. The van der Waals surface area contributed by atoms with E-state index in [-0.39, 0.29) is 16.9 Å². The number of allylic oxidation sites excluding steroid dienone is 2. The molecule has 0 amide bonds. The Morgan fingerprint density at radius 1 is 1.03 bits per heavy atom. The average Bonchev–Trinajstić information content (AvgIpc) is 3.23. The third-order valence-electron chi connectivity index (χ3n) is 6.12. The van der Waals surface area contributed by atoms with Gasteiger partial charge in [-0.3, -0.25) is 4.72 Å². The molecule has 0 fully saturated rings. The fraction of sp³-hybridized carbons (Fsp3) is 0.200. The number of halogens is 1. The molecule has 0 bridgehead atoms. The number of rotatable bonds is 4. The van der Waals surface area contributed by atoms with E-state index in [0.29, 0.717) is 11.6 Å². The molecule has 158 valence electrons. The van der Waals surface area contributed by atoms with Crippen molar-refractivity contribution in [2.24, 2.45) is 5.92 Å². The van der Waals surface area contributed by atoms with Crippen molar-refractivity contribution in [3.63, 3.8) is 0 Å². The first-order valence-electron chi connectivity index (χ1n) is 10.3. The van der Waals surface area contributed by atoms with Crippen molar-refractivity contribution in [3.05, 3.63) is 100 Å². The van der Waals surface area contributed by atoms with Gasteiger partial charge in [0.05, 0.1) is 10.9 Å². The molecule has 2 N–H and O–H groups in total. The first-order chi connectivity index (χ1) is 14.9. The standard InChI is InChI=1S/C25H23BrN2O2S/c1-16-5-2-6-17(13-16)25-22-10-4-9-21(22)23-15-20(11-12-24(23)27-25)31(29,30)28-19-8-3-7-18(26)14-19/h2-9,11-15,21-22,25,27-28H,10H2,1H3/t21-,22+,25+/m0/s1. The summed E-state index contributed by atoms with van der Waals surface area (Å²) in [5.41, 5.74) is 5.09. The summed E-state index contributed by atoms with van der Waals surface area (Å²) in [6, 6.07) is 21.4. The highest BCUT2D eigenvalue weighted by Crippen LogP contribution is 2.50. The van der Waals surface area contributed by atoms with E-state index < -0.39 is 10.0 Å². The third-order valence-corrected chi connectivity index (χ3v) is 7.99. The Balaban J connectivity index is 1.50. The number of nitrogens with one attached hydrogen (secondary N) is 2. The van der Waals surface area contributed by atoms with Crippen LogP contribution in [0.15, 0.2) is 88.3 Å². The molecule has 1 aliphatic carbocycles. The predicted octanol–water partition coefficient (Wildman–Crippen LogP) is 6.38. The highest BCUT2D eigenvalue weighted by atomic mass is 79.9. The van der Waals surface area contributed by atoms with Crippen LogP contribution in [-0.2, 0) is 10.0 Å². The van der Waals surface area contributed by atoms with Crippen LogP contribution in [0, 0.1) is 12.8 Å². The molecule has 3 atom stereocenters. The van der Waals surface area contributed by atoms with Crippen LogP contribution >= 0.6 is 15.9 Å². The van der Waals surface area contributed by atoms with E-state index in [4.69, 9.17) is 0 Å². The SMILES string of the molecule is Cc1cccc([C@H]2Nc3ccc(S(=O)(=O)Nc4cccc(Br)c4)cc3[C@H]3C=CC[C@H]32)c1. The largest absolute Gasteiger partial charge is 0.378 e. The van der Waals surface area contributed by atoms with Gasteiger partial charge in [-0.05, 0) is 66.8 Å². The summed E-state index contributed by atoms with van der Waals surface area (Å²) < 4.78 is 29.6. The molecule has 1 heterocycles. The van der Waals surface area contributed by atoms with Crippen molar-refractivity contribution in [2.75, 3.05) is 10.0 Å². The van der Waals surface area contributed by atoms with E-state index in [0.717, 1.165) is 22.1 Å². The maximum atomic E-state index is 13.0. The quantitative estimate of drug-likeness (QED) is 0.413. The van der Waals surface area contributed by atoms with E-state index in [9.17, 15) is 8.42 Å². The maximum Gasteiger partial charge on any atom is 0.261 e. The Bertz CT molecular complexity index is 1290. The molecule has 0 saturated heterocycles. The zero-order chi connectivity index (χ0) is 21.6. The molecule has 3 aromatic carbocycles. The van der Waals surface area contributed by atoms with Gasteiger partial charge in [0, 0.05) is 21.8 Å². The molecule has 4 nitrogen and oxygen atoms in total. The Hall–Kier alpha value is -2.57. The Morgan fingerprint density at radius 3 is 2.68 bits per heavy atom. The number of benzene rings is 3. The van der Waals surface area contributed by atoms with Gasteiger partial charge in [0.2, 0.25) is 0 Å². The summed E-state index contributed by atoms with van der Waals surface area (Å²) in [5.74, 6) is 0.563. The van der Waals surface area contributed by atoms with Gasteiger partial charge in [0.25, 0.3) is 10.0 Å². The minimum absolute atomic E-state index is 0.197. The van der Waals surface area contributed by atoms with E-state index in [1.54, 1.807) is 24.3 Å². The lowest BCUT2D eigenvalue weighted by molar-refractivity contribution is 0.425. The third kappa shape index (κ3) is 3.90. The van der Waals surface area contributed by atoms with Crippen LogP contribution in [0.1, 0.15) is 35.1 Å². The molecule has 3 aromatic rings. The second kappa shape index (κ2) is 7.84. The maximum absolute atomic E-state index is 13.0. The van der Waals surface area contributed by atoms with Gasteiger partial charge in [-0.1, -0.05) is 64.0 Å². The zero-order valence-electron chi connectivity index (χ0n) is 17.0. The minimum atomic E-state index is -3.69. The molecule has 6 heteroatoms. The molecular weight excluding hydrogens is 472 g/mol.